The molecule has 0 aliphatic heterocycles. The van der Waals surface area contributed by atoms with Crippen LogP contribution in [-0.2, 0) is 0 Å². The van der Waals surface area contributed by atoms with E-state index in [1.165, 1.54) is 4.90 Å². The van der Waals surface area contributed by atoms with E-state index in [4.69, 9.17) is 0 Å². The highest BCUT2D eigenvalue weighted by Crippen LogP contribution is 2.18. The molecule has 0 aliphatic rings. The summed E-state index contributed by atoms with van der Waals surface area (Å²) in [6.45, 7) is 4.39. The average Bonchev–Trinajstić information content (AvgIpc) is 2.27. The van der Waals surface area contributed by atoms with Gasteiger partial charge in [0.05, 0.1) is 5.69 Å². The molecule has 1 aromatic carbocycles. The van der Waals surface area contributed by atoms with E-state index in [1.54, 1.807) is 13.8 Å². The molecule has 2 amide bonds. The first kappa shape index (κ1) is 13.3. The predicted octanol–water partition coefficient (Wildman–Crippen LogP) is 2.98. The van der Waals surface area contributed by atoms with Crippen molar-refractivity contribution in [1.82, 2.24) is 4.90 Å². The topological polar surface area (TPSA) is 32.3 Å². The van der Waals surface area contributed by atoms with E-state index in [9.17, 15) is 18.0 Å². The van der Waals surface area contributed by atoms with Crippen molar-refractivity contribution >= 4 is 11.7 Å². The Morgan fingerprint density at radius 1 is 1.12 bits per heavy atom. The van der Waals surface area contributed by atoms with E-state index >= 15 is 0 Å². The lowest BCUT2D eigenvalue weighted by atomic mass is 10.3. The average molecular weight is 246 g/mol. The maximum absolute atomic E-state index is 13.2. The smallest absolute Gasteiger partial charge is 0.321 e. The van der Waals surface area contributed by atoms with Crippen LogP contribution >= 0.6 is 0 Å². The summed E-state index contributed by atoms with van der Waals surface area (Å²) in [6, 6.07) is 0.457. The van der Waals surface area contributed by atoms with E-state index in [1.807, 2.05) is 0 Å². The molecule has 1 aromatic rings. The molecule has 6 heteroatoms. The van der Waals surface area contributed by atoms with Crippen molar-refractivity contribution in [3.05, 3.63) is 29.6 Å². The van der Waals surface area contributed by atoms with Gasteiger partial charge in [-0.1, -0.05) is 0 Å². The fourth-order valence-electron chi connectivity index (χ4n) is 1.32. The number of urea groups is 1. The first-order valence-electron chi connectivity index (χ1n) is 5.20. The largest absolute Gasteiger partial charge is 0.325 e. The van der Waals surface area contributed by atoms with Gasteiger partial charge < -0.3 is 10.2 Å². The van der Waals surface area contributed by atoms with Crippen molar-refractivity contribution in [2.45, 2.75) is 13.8 Å². The third-order valence-electron chi connectivity index (χ3n) is 2.30. The van der Waals surface area contributed by atoms with E-state index in [0.717, 1.165) is 0 Å². The molecule has 0 atom stereocenters. The second kappa shape index (κ2) is 5.56. The van der Waals surface area contributed by atoms with Crippen LogP contribution in [0.25, 0.3) is 0 Å². The number of hydrogen-bond acceptors (Lipinski definition) is 1. The number of amides is 2. The fraction of sp³-hybridized carbons (Fsp3) is 0.364. The molecule has 0 unspecified atom stereocenters. The molecule has 3 nitrogen and oxygen atoms in total. The molecule has 0 fully saturated rings. The minimum absolute atomic E-state index is 0.374. The van der Waals surface area contributed by atoms with E-state index in [2.05, 4.69) is 5.32 Å². The Bertz CT molecular complexity index is 419. The van der Waals surface area contributed by atoms with Crippen LogP contribution in [0.1, 0.15) is 13.8 Å². The van der Waals surface area contributed by atoms with Gasteiger partial charge in [-0.05, 0) is 13.8 Å². The van der Waals surface area contributed by atoms with E-state index in [-0.39, 0.29) is 5.69 Å². The SMILES string of the molecule is CCN(CC)C(=O)Nc1cc(F)c(F)cc1F. The van der Waals surface area contributed by atoms with E-state index in [0.29, 0.717) is 25.2 Å². The molecule has 0 spiro atoms. The van der Waals surface area contributed by atoms with Crippen LogP contribution in [0.2, 0.25) is 0 Å². The lowest BCUT2D eigenvalue weighted by Gasteiger charge is -2.19. The summed E-state index contributed by atoms with van der Waals surface area (Å²) in [6.07, 6.45) is 0. The summed E-state index contributed by atoms with van der Waals surface area (Å²) >= 11 is 0. The van der Waals surface area contributed by atoms with Gasteiger partial charge in [0.25, 0.3) is 0 Å². The first-order chi connectivity index (χ1) is 7.99. The van der Waals surface area contributed by atoms with Crippen molar-refractivity contribution in [2.75, 3.05) is 18.4 Å². The van der Waals surface area contributed by atoms with Crippen LogP contribution in [0.15, 0.2) is 12.1 Å². The summed E-state index contributed by atoms with van der Waals surface area (Å²) in [5, 5.41) is 2.19. The summed E-state index contributed by atoms with van der Waals surface area (Å²) in [5.41, 5.74) is -0.374. The normalized spacial score (nSPS) is 10.2. The summed E-state index contributed by atoms with van der Waals surface area (Å²) in [4.78, 5) is 12.9. The minimum Gasteiger partial charge on any atom is -0.325 e. The molecule has 94 valence electrons. The molecule has 0 saturated carbocycles. The van der Waals surface area contributed by atoms with Crippen LogP contribution < -0.4 is 5.32 Å². The van der Waals surface area contributed by atoms with Crippen LogP contribution in [-0.4, -0.2) is 24.0 Å². The molecule has 0 aromatic heterocycles. The number of rotatable bonds is 3. The lowest BCUT2D eigenvalue weighted by Crippen LogP contribution is -2.34. The summed E-state index contributed by atoms with van der Waals surface area (Å²) < 4.78 is 38.7. The molecular weight excluding hydrogens is 233 g/mol. The standard InChI is InChI=1S/C11H13F3N2O/c1-3-16(4-2)11(17)15-10-6-8(13)7(12)5-9(10)14/h5-6H,3-4H2,1-2H3,(H,15,17). The monoisotopic (exact) mass is 246 g/mol. The Hall–Kier alpha value is -1.72. The molecular formula is C11H13F3N2O. The number of nitrogens with zero attached hydrogens (tertiary/aromatic N) is 1. The molecule has 0 heterocycles. The molecule has 1 N–H and O–H groups in total. The second-order valence-electron chi connectivity index (χ2n) is 3.35. The molecule has 0 saturated heterocycles. The molecule has 0 aliphatic carbocycles. The van der Waals surface area contributed by atoms with Gasteiger partial charge in [0, 0.05) is 25.2 Å². The molecule has 0 radical (unpaired) electrons. The number of nitrogens with one attached hydrogen (secondary N) is 1. The third kappa shape index (κ3) is 3.12. The number of hydrogen-bond donors (Lipinski definition) is 1. The highest BCUT2D eigenvalue weighted by Gasteiger charge is 2.14. The number of benzene rings is 1. The zero-order valence-electron chi connectivity index (χ0n) is 9.56. The number of carbonyl (C=O) groups is 1. The second-order valence-corrected chi connectivity index (χ2v) is 3.35. The maximum Gasteiger partial charge on any atom is 0.321 e. The van der Waals surface area contributed by atoms with Gasteiger partial charge in [0.15, 0.2) is 11.6 Å². The van der Waals surface area contributed by atoms with E-state index < -0.39 is 23.5 Å². The first-order valence-corrected chi connectivity index (χ1v) is 5.20. The van der Waals surface area contributed by atoms with Crippen LogP contribution in [0.4, 0.5) is 23.7 Å². The van der Waals surface area contributed by atoms with Crippen molar-refractivity contribution in [1.29, 1.82) is 0 Å². The van der Waals surface area contributed by atoms with Gasteiger partial charge in [-0.15, -0.1) is 0 Å². The fourth-order valence-corrected chi connectivity index (χ4v) is 1.32. The van der Waals surface area contributed by atoms with Crippen LogP contribution in [0.3, 0.4) is 0 Å². The molecule has 17 heavy (non-hydrogen) atoms. The lowest BCUT2D eigenvalue weighted by molar-refractivity contribution is 0.217. The van der Waals surface area contributed by atoms with Gasteiger partial charge in [-0.2, -0.15) is 0 Å². The number of carbonyl (C=O) groups excluding carboxylic acids is 1. The Morgan fingerprint density at radius 2 is 1.65 bits per heavy atom. The highest BCUT2D eigenvalue weighted by molar-refractivity contribution is 5.89. The Kier molecular flexibility index (Phi) is 4.37. The zero-order chi connectivity index (χ0) is 13.0. The van der Waals surface area contributed by atoms with Crippen molar-refractivity contribution in [3.63, 3.8) is 0 Å². The Morgan fingerprint density at radius 3 is 2.18 bits per heavy atom. The van der Waals surface area contributed by atoms with Gasteiger partial charge in [0.2, 0.25) is 0 Å². The molecule has 1 rings (SSSR count). The zero-order valence-corrected chi connectivity index (χ0v) is 9.56. The van der Waals surface area contributed by atoms with Crippen LogP contribution in [0, 0.1) is 17.5 Å². The van der Waals surface area contributed by atoms with Crippen molar-refractivity contribution in [3.8, 4) is 0 Å². The summed E-state index contributed by atoms with van der Waals surface area (Å²) in [5.74, 6) is -3.51. The van der Waals surface area contributed by atoms with Crippen LogP contribution in [0.5, 0.6) is 0 Å². The number of anilines is 1. The van der Waals surface area contributed by atoms with Crippen molar-refractivity contribution in [2.24, 2.45) is 0 Å². The van der Waals surface area contributed by atoms with Crippen molar-refractivity contribution < 1.29 is 18.0 Å². The number of halogens is 3. The quantitative estimate of drug-likeness (QED) is 0.817. The maximum atomic E-state index is 13.2. The van der Waals surface area contributed by atoms with Gasteiger partial charge in [-0.3, -0.25) is 0 Å². The van der Waals surface area contributed by atoms with Gasteiger partial charge in [0.1, 0.15) is 5.82 Å². The third-order valence-corrected chi connectivity index (χ3v) is 2.30. The predicted molar refractivity (Wildman–Crippen MR) is 58.3 cm³/mol. The molecule has 0 bridgehead atoms. The Balaban J connectivity index is 2.88. The Labute approximate surface area is 97.2 Å². The minimum atomic E-state index is -1.29. The van der Waals surface area contributed by atoms with Gasteiger partial charge >= 0.3 is 6.03 Å². The van der Waals surface area contributed by atoms with Gasteiger partial charge in [-0.25, -0.2) is 18.0 Å². The summed E-state index contributed by atoms with van der Waals surface area (Å²) in [7, 11) is 0. The highest BCUT2D eigenvalue weighted by atomic mass is 19.2.